The van der Waals surface area contributed by atoms with Gasteiger partial charge in [-0.05, 0) is 67.6 Å². The van der Waals surface area contributed by atoms with Crippen molar-refractivity contribution in [1.29, 1.82) is 0 Å². The second-order valence-electron chi connectivity index (χ2n) is 7.92. The third-order valence-electron chi connectivity index (χ3n) is 6.11. The molecule has 1 N–H and O–H groups in total. The molecule has 3 amide bonds. The molecule has 29 heavy (non-hydrogen) atoms. The van der Waals surface area contributed by atoms with Crippen LogP contribution in [0, 0.1) is 31.6 Å². The standard InChI is InChI=1S/C24H24N2O3/c1-14-6-5-9-20(16(14)3)25-22(27)17-10-12-18(13-11-17)26-23(28)19-8-4-7-15(2)21(19)24(26)29/h4-7,9-13,15,19,21H,8H2,1-3H3,(H,25,27)/t15-,19+,21+/m1/s1. The highest BCUT2D eigenvalue weighted by molar-refractivity contribution is 6.22. The Bertz CT molecular complexity index is 1020. The molecule has 5 nitrogen and oxygen atoms in total. The summed E-state index contributed by atoms with van der Waals surface area (Å²) in [6.45, 7) is 5.94. The van der Waals surface area contributed by atoms with Gasteiger partial charge in [0.2, 0.25) is 11.8 Å². The fourth-order valence-electron chi connectivity index (χ4n) is 4.24. The maximum Gasteiger partial charge on any atom is 0.255 e. The molecule has 2 aromatic rings. The monoisotopic (exact) mass is 388 g/mol. The quantitative estimate of drug-likeness (QED) is 0.631. The minimum Gasteiger partial charge on any atom is -0.322 e. The van der Waals surface area contributed by atoms with E-state index in [1.165, 1.54) is 4.90 Å². The van der Waals surface area contributed by atoms with Crippen molar-refractivity contribution in [3.63, 3.8) is 0 Å². The van der Waals surface area contributed by atoms with Gasteiger partial charge in [0.15, 0.2) is 0 Å². The Balaban J connectivity index is 1.54. The van der Waals surface area contributed by atoms with E-state index in [1.807, 2.05) is 51.1 Å². The van der Waals surface area contributed by atoms with Crippen molar-refractivity contribution in [3.8, 4) is 0 Å². The van der Waals surface area contributed by atoms with Crippen LogP contribution in [0.15, 0.2) is 54.6 Å². The molecule has 0 aromatic heterocycles. The number of rotatable bonds is 3. The predicted molar refractivity (Wildman–Crippen MR) is 113 cm³/mol. The van der Waals surface area contributed by atoms with Gasteiger partial charge in [0.1, 0.15) is 0 Å². The first-order valence-corrected chi connectivity index (χ1v) is 9.90. The lowest BCUT2D eigenvalue weighted by atomic mass is 9.78. The summed E-state index contributed by atoms with van der Waals surface area (Å²) < 4.78 is 0. The fraction of sp³-hybridized carbons (Fsp3) is 0.292. The van der Waals surface area contributed by atoms with Gasteiger partial charge in [0.05, 0.1) is 17.5 Å². The molecule has 0 unspecified atom stereocenters. The Hall–Kier alpha value is -3.21. The number of carbonyl (C=O) groups excluding carboxylic acids is 3. The van der Waals surface area contributed by atoms with Crippen molar-refractivity contribution in [2.45, 2.75) is 27.2 Å². The van der Waals surface area contributed by atoms with E-state index < -0.39 is 0 Å². The van der Waals surface area contributed by atoms with Crippen LogP contribution in [0.3, 0.4) is 0 Å². The van der Waals surface area contributed by atoms with Gasteiger partial charge in [-0.2, -0.15) is 0 Å². The lowest BCUT2D eigenvalue weighted by molar-refractivity contribution is -0.122. The first-order valence-electron chi connectivity index (χ1n) is 9.90. The fourth-order valence-corrected chi connectivity index (χ4v) is 4.24. The molecular weight excluding hydrogens is 364 g/mol. The van der Waals surface area contributed by atoms with E-state index in [9.17, 15) is 14.4 Å². The summed E-state index contributed by atoms with van der Waals surface area (Å²) in [7, 11) is 0. The van der Waals surface area contributed by atoms with Gasteiger partial charge in [-0.25, -0.2) is 0 Å². The summed E-state index contributed by atoms with van der Waals surface area (Å²) in [4.78, 5) is 39.6. The molecule has 3 atom stereocenters. The molecule has 1 saturated heterocycles. The third kappa shape index (κ3) is 3.27. The Morgan fingerprint density at radius 2 is 1.76 bits per heavy atom. The normalized spacial score (nSPS) is 23.3. The number of nitrogens with zero attached hydrogens (tertiary/aromatic N) is 1. The largest absolute Gasteiger partial charge is 0.322 e. The number of imide groups is 1. The Labute approximate surface area is 170 Å². The van der Waals surface area contributed by atoms with Crippen molar-refractivity contribution in [2.75, 3.05) is 10.2 Å². The van der Waals surface area contributed by atoms with Crippen LogP contribution in [0.4, 0.5) is 11.4 Å². The molecule has 2 aliphatic rings. The van der Waals surface area contributed by atoms with Gasteiger partial charge in [0.25, 0.3) is 5.91 Å². The van der Waals surface area contributed by atoms with Crippen LogP contribution < -0.4 is 10.2 Å². The minimum absolute atomic E-state index is 0.0535. The van der Waals surface area contributed by atoms with E-state index in [2.05, 4.69) is 5.32 Å². The molecule has 1 aliphatic heterocycles. The SMILES string of the molecule is Cc1cccc(NC(=O)c2ccc(N3C(=O)[C@H]4[C@H](C)C=CC[C@@H]4C3=O)cc2)c1C. The van der Waals surface area contributed by atoms with E-state index in [0.717, 1.165) is 16.8 Å². The number of amides is 3. The van der Waals surface area contributed by atoms with Crippen molar-refractivity contribution in [3.05, 3.63) is 71.3 Å². The zero-order valence-electron chi connectivity index (χ0n) is 16.8. The van der Waals surface area contributed by atoms with Crippen LogP contribution in [-0.4, -0.2) is 17.7 Å². The molecule has 0 radical (unpaired) electrons. The zero-order chi connectivity index (χ0) is 20.7. The Kier molecular flexibility index (Phi) is 4.82. The highest BCUT2D eigenvalue weighted by atomic mass is 16.2. The zero-order valence-corrected chi connectivity index (χ0v) is 16.8. The molecule has 148 valence electrons. The smallest absolute Gasteiger partial charge is 0.255 e. The summed E-state index contributed by atoms with van der Waals surface area (Å²) in [6.07, 6.45) is 4.60. The Morgan fingerprint density at radius 1 is 1.03 bits per heavy atom. The van der Waals surface area contributed by atoms with Crippen LogP contribution in [0.2, 0.25) is 0 Å². The first kappa shape index (κ1) is 19.1. The van der Waals surface area contributed by atoms with Crippen LogP contribution in [-0.2, 0) is 9.59 Å². The predicted octanol–water partition coefficient (Wildman–Crippen LogP) is 4.26. The first-order chi connectivity index (χ1) is 13.9. The maximum atomic E-state index is 12.9. The average molecular weight is 388 g/mol. The number of allylic oxidation sites excluding steroid dienone is 2. The molecule has 0 spiro atoms. The number of aryl methyl sites for hydroxylation is 1. The molecule has 0 saturated carbocycles. The molecular formula is C24H24N2O3. The number of hydrogen-bond acceptors (Lipinski definition) is 3. The molecule has 0 bridgehead atoms. The number of nitrogens with one attached hydrogen (secondary N) is 1. The number of anilines is 2. The molecule has 5 heteroatoms. The molecule has 1 heterocycles. The molecule has 2 aromatic carbocycles. The lowest BCUT2D eigenvalue weighted by Gasteiger charge is -2.22. The van der Waals surface area contributed by atoms with Crippen molar-refractivity contribution >= 4 is 29.1 Å². The average Bonchev–Trinajstić information content (AvgIpc) is 2.97. The number of hydrogen-bond donors (Lipinski definition) is 1. The van der Waals surface area contributed by atoms with Crippen molar-refractivity contribution in [2.24, 2.45) is 17.8 Å². The summed E-state index contributed by atoms with van der Waals surface area (Å²) in [5.74, 6) is -1.04. The molecule has 4 rings (SSSR count). The topological polar surface area (TPSA) is 66.5 Å². The van der Waals surface area contributed by atoms with Gasteiger partial charge in [-0.3, -0.25) is 19.3 Å². The number of fused-ring (bicyclic) bond motifs is 1. The summed E-state index contributed by atoms with van der Waals surface area (Å²) >= 11 is 0. The van der Waals surface area contributed by atoms with Gasteiger partial charge >= 0.3 is 0 Å². The van der Waals surface area contributed by atoms with E-state index in [1.54, 1.807) is 24.3 Å². The molecule has 1 fully saturated rings. The summed E-state index contributed by atoms with van der Waals surface area (Å²) in [5.41, 5.74) is 3.89. The van der Waals surface area contributed by atoms with E-state index in [-0.39, 0.29) is 35.5 Å². The summed E-state index contributed by atoms with van der Waals surface area (Å²) in [6, 6.07) is 12.4. The van der Waals surface area contributed by atoms with Gasteiger partial charge < -0.3 is 5.32 Å². The second kappa shape index (κ2) is 7.32. The minimum atomic E-state index is -0.292. The van der Waals surface area contributed by atoms with Crippen molar-refractivity contribution in [1.82, 2.24) is 0 Å². The third-order valence-corrected chi connectivity index (χ3v) is 6.11. The van der Waals surface area contributed by atoms with Crippen LogP contribution in [0.25, 0.3) is 0 Å². The van der Waals surface area contributed by atoms with E-state index in [0.29, 0.717) is 17.7 Å². The Morgan fingerprint density at radius 3 is 2.45 bits per heavy atom. The second-order valence-corrected chi connectivity index (χ2v) is 7.92. The van der Waals surface area contributed by atoms with E-state index in [4.69, 9.17) is 0 Å². The highest BCUT2D eigenvalue weighted by Gasteiger charge is 2.50. The van der Waals surface area contributed by atoms with Crippen molar-refractivity contribution < 1.29 is 14.4 Å². The lowest BCUT2D eigenvalue weighted by Crippen LogP contribution is -2.31. The van der Waals surface area contributed by atoms with Crippen LogP contribution in [0.5, 0.6) is 0 Å². The summed E-state index contributed by atoms with van der Waals surface area (Å²) in [5, 5.41) is 2.93. The van der Waals surface area contributed by atoms with E-state index >= 15 is 0 Å². The molecule has 1 aliphatic carbocycles. The number of carbonyl (C=O) groups is 3. The number of benzene rings is 2. The van der Waals surface area contributed by atoms with Gasteiger partial charge in [-0.1, -0.05) is 31.2 Å². The van der Waals surface area contributed by atoms with Gasteiger partial charge in [0, 0.05) is 11.3 Å². The van der Waals surface area contributed by atoms with Crippen LogP contribution >= 0.6 is 0 Å². The highest BCUT2D eigenvalue weighted by Crippen LogP contribution is 2.40. The van der Waals surface area contributed by atoms with Crippen LogP contribution in [0.1, 0.15) is 34.8 Å². The maximum absolute atomic E-state index is 12.9. The van der Waals surface area contributed by atoms with Gasteiger partial charge in [-0.15, -0.1) is 0 Å².